The van der Waals surface area contributed by atoms with E-state index in [2.05, 4.69) is 10.0 Å². The lowest BCUT2D eigenvalue weighted by Crippen LogP contribution is -2.45. The Bertz CT molecular complexity index is 1330. The topological polar surface area (TPSA) is 84.5 Å². The third kappa shape index (κ3) is 6.99. The lowest BCUT2D eigenvalue weighted by atomic mass is 10.1. The molecule has 0 aliphatic carbocycles. The zero-order chi connectivity index (χ0) is 26.5. The molecule has 1 atom stereocenters. The minimum Gasteiger partial charge on any atom is -0.494 e. The Hall–Kier alpha value is -3.08. The zero-order valence-corrected chi connectivity index (χ0v) is 21.0. The number of rotatable bonds is 9. The summed E-state index contributed by atoms with van der Waals surface area (Å²) in [7, 11) is -4.18. The Morgan fingerprint density at radius 3 is 2.36 bits per heavy atom. The monoisotopic (exact) mass is 540 g/mol. The van der Waals surface area contributed by atoms with Gasteiger partial charge in [0.1, 0.15) is 11.8 Å². The molecule has 0 unspecified atom stereocenters. The van der Waals surface area contributed by atoms with E-state index < -0.39 is 38.7 Å². The standard InChI is InChI=1S/C25H24ClF3N2O4S/c1-3-35-23-12-10-19(13-16(23)2)36(33,34)31-22(14-17-7-5-4-6-8-17)24(32)30-18-9-11-21(26)20(15-18)25(27,28)29/h4-13,15,22,31H,3,14H2,1-2H3,(H,30,32)/t22-/m0/s1. The number of aryl methyl sites for hydroxylation is 1. The number of hydrogen-bond donors (Lipinski definition) is 2. The second kappa shape index (κ2) is 11.3. The van der Waals surface area contributed by atoms with E-state index in [1.54, 1.807) is 44.2 Å². The number of benzene rings is 3. The van der Waals surface area contributed by atoms with Crippen LogP contribution in [0.3, 0.4) is 0 Å². The lowest BCUT2D eigenvalue weighted by Gasteiger charge is -2.20. The van der Waals surface area contributed by atoms with Gasteiger partial charge in [0.05, 0.1) is 22.1 Å². The fourth-order valence-electron chi connectivity index (χ4n) is 3.45. The maximum Gasteiger partial charge on any atom is 0.417 e. The molecule has 0 bridgehead atoms. The van der Waals surface area contributed by atoms with Crippen molar-refractivity contribution in [3.8, 4) is 5.75 Å². The van der Waals surface area contributed by atoms with Gasteiger partial charge in [-0.15, -0.1) is 0 Å². The number of carbonyl (C=O) groups excluding carboxylic acids is 1. The maximum absolute atomic E-state index is 13.2. The van der Waals surface area contributed by atoms with Crippen LogP contribution in [-0.4, -0.2) is 27.0 Å². The van der Waals surface area contributed by atoms with Crippen molar-refractivity contribution in [3.63, 3.8) is 0 Å². The molecule has 0 spiro atoms. The van der Waals surface area contributed by atoms with E-state index >= 15 is 0 Å². The van der Waals surface area contributed by atoms with Crippen LogP contribution in [0.15, 0.2) is 71.6 Å². The number of anilines is 1. The molecule has 0 saturated heterocycles. The summed E-state index contributed by atoms with van der Waals surface area (Å²) in [5.41, 5.74) is -0.0575. The van der Waals surface area contributed by atoms with Crippen molar-refractivity contribution < 1.29 is 31.1 Å². The van der Waals surface area contributed by atoms with Crippen LogP contribution in [0.4, 0.5) is 18.9 Å². The summed E-state index contributed by atoms with van der Waals surface area (Å²) in [6.45, 7) is 3.90. The lowest BCUT2D eigenvalue weighted by molar-refractivity contribution is -0.137. The highest BCUT2D eigenvalue weighted by Gasteiger charge is 2.34. The van der Waals surface area contributed by atoms with E-state index in [4.69, 9.17) is 16.3 Å². The number of hydrogen-bond acceptors (Lipinski definition) is 4. The Morgan fingerprint density at radius 2 is 1.75 bits per heavy atom. The van der Waals surface area contributed by atoms with Gasteiger partial charge in [-0.1, -0.05) is 41.9 Å². The van der Waals surface area contributed by atoms with Crippen LogP contribution in [0.5, 0.6) is 5.75 Å². The first kappa shape index (κ1) is 27.5. The van der Waals surface area contributed by atoms with Crippen molar-refractivity contribution in [1.82, 2.24) is 4.72 Å². The average Bonchev–Trinajstić information content (AvgIpc) is 2.81. The zero-order valence-electron chi connectivity index (χ0n) is 19.4. The average molecular weight is 541 g/mol. The van der Waals surface area contributed by atoms with Crippen molar-refractivity contribution in [2.24, 2.45) is 0 Å². The van der Waals surface area contributed by atoms with Gasteiger partial charge in [0.15, 0.2) is 0 Å². The van der Waals surface area contributed by atoms with Crippen molar-refractivity contribution in [2.75, 3.05) is 11.9 Å². The maximum atomic E-state index is 13.2. The molecular formula is C25H24ClF3N2O4S. The van der Waals surface area contributed by atoms with Gasteiger partial charge in [-0.3, -0.25) is 4.79 Å². The van der Waals surface area contributed by atoms with Crippen LogP contribution in [0.25, 0.3) is 0 Å². The Balaban J connectivity index is 1.90. The molecule has 0 aromatic heterocycles. The number of ether oxygens (including phenoxy) is 1. The second-order valence-electron chi connectivity index (χ2n) is 7.91. The van der Waals surface area contributed by atoms with E-state index in [0.29, 0.717) is 29.5 Å². The van der Waals surface area contributed by atoms with Gasteiger partial charge >= 0.3 is 6.18 Å². The predicted octanol–water partition coefficient (Wildman–Crippen LogP) is 5.59. The van der Waals surface area contributed by atoms with E-state index in [1.165, 1.54) is 24.3 Å². The normalized spacial score (nSPS) is 12.7. The van der Waals surface area contributed by atoms with Crippen LogP contribution in [-0.2, 0) is 27.4 Å². The smallest absolute Gasteiger partial charge is 0.417 e. The molecule has 36 heavy (non-hydrogen) atoms. The largest absolute Gasteiger partial charge is 0.494 e. The summed E-state index contributed by atoms with van der Waals surface area (Å²) in [6.07, 6.45) is -4.77. The van der Waals surface area contributed by atoms with Gasteiger partial charge in [0, 0.05) is 5.69 Å². The summed E-state index contributed by atoms with van der Waals surface area (Å²) in [5, 5.41) is 1.85. The summed E-state index contributed by atoms with van der Waals surface area (Å²) in [6, 6.07) is 14.5. The molecule has 11 heteroatoms. The Kier molecular flexibility index (Phi) is 8.65. The van der Waals surface area contributed by atoms with E-state index in [1.807, 2.05) is 0 Å². The van der Waals surface area contributed by atoms with Crippen molar-refractivity contribution in [2.45, 2.75) is 37.4 Å². The molecular weight excluding hydrogens is 517 g/mol. The quantitative estimate of drug-likeness (QED) is 0.370. The molecule has 6 nitrogen and oxygen atoms in total. The molecule has 192 valence electrons. The van der Waals surface area contributed by atoms with Crippen LogP contribution in [0, 0.1) is 6.92 Å². The second-order valence-corrected chi connectivity index (χ2v) is 10.0. The summed E-state index contributed by atoms with van der Waals surface area (Å²) < 4.78 is 73.8. The molecule has 0 aliphatic rings. The van der Waals surface area contributed by atoms with Crippen LogP contribution in [0.2, 0.25) is 5.02 Å². The highest BCUT2D eigenvalue weighted by molar-refractivity contribution is 7.89. The number of amides is 1. The van der Waals surface area contributed by atoms with Crippen molar-refractivity contribution >= 4 is 33.2 Å². The van der Waals surface area contributed by atoms with Crippen LogP contribution < -0.4 is 14.8 Å². The number of nitrogens with one attached hydrogen (secondary N) is 2. The van der Waals surface area contributed by atoms with Crippen LogP contribution >= 0.6 is 11.6 Å². The SMILES string of the molecule is CCOc1ccc(S(=O)(=O)N[C@@H](Cc2ccccc2)C(=O)Nc2ccc(Cl)c(C(F)(F)F)c2)cc1C. The molecule has 0 aliphatic heterocycles. The fourth-order valence-corrected chi connectivity index (χ4v) is 4.95. The summed E-state index contributed by atoms with van der Waals surface area (Å²) in [5.74, 6) is -0.307. The number of sulfonamides is 1. The Labute approximate surface area is 212 Å². The summed E-state index contributed by atoms with van der Waals surface area (Å²) >= 11 is 5.65. The third-order valence-corrected chi connectivity index (χ3v) is 6.99. The fraction of sp³-hybridized carbons (Fsp3) is 0.240. The van der Waals surface area contributed by atoms with Gasteiger partial charge in [0.2, 0.25) is 15.9 Å². The van der Waals surface area contributed by atoms with Gasteiger partial charge in [-0.25, -0.2) is 8.42 Å². The predicted molar refractivity (Wildman–Crippen MR) is 132 cm³/mol. The minimum atomic E-state index is -4.73. The highest BCUT2D eigenvalue weighted by Crippen LogP contribution is 2.36. The molecule has 0 heterocycles. The molecule has 3 rings (SSSR count). The van der Waals surface area contributed by atoms with Gasteiger partial charge < -0.3 is 10.1 Å². The first-order chi connectivity index (χ1) is 16.9. The van der Waals surface area contributed by atoms with Crippen molar-refractivity contribution in [1.29, 1.82) is 0 Å². The Morgan fingerprint density at radius 1 is 1.06 bits per heavy atom. The van der Waals surface area contributed by atoms with Gasteiger partial charge in [-0.05, 0) is 67.8 Å². The molecule has 0 fully saturated rings. The van der Waals surface area contributed by atoms with Gasteiger partial charge in [-0.2, -0.15) is 17.9 Å². The molecule has 0 radical (unpaired) electrons. The molecule has 3 aromatic carbocycles. The number of carbonyl (C=O) groups is 1. The number of alkyl halides is 3. The van der Waals surface area contributed by atoms with Gasteiger partial charge in [0.25, 0.3) is 0 Å². The molecule has 2 N–H and O–H groups in total. The highest BCUT2D eigenvalue weighted by atomic mass is 35.5. The number of halogens is 4. The van der Waals surface area contributed by atoms with E-state index in [9.17, 15) is 26.4 Å². The molecule has 1 amide bonds. The van der Waals surface area contributed by atoms with E-state index in [0.717, 1.165) is 6.07 Å². The first-order valence-electron chi connectivity index (χ1n) is 10.9. The van der Waals surface area contributed by atoms with Crippen LogP contribution in [0.1, 0.15) is 23.6 Å². The molecule has 3 aromatic rings. The minimum absolute atomic E-state index is 0.0400. The third-order valence-electron chi connectivity index (χ3n) is 5.19. The van der Waals surface area contributed by atoms with E-state index in [-0.39, 0.29) is 17.0 Å². The first-order valence-corrected chi connectivity index (χ1v) is 12.7. The van der Waals surface area contributed by atoms with Crippen molar-refractivity contribution in [3.05, 3.63) is 88.4 Å². The summed E-state index contributed by atoms with van der Waals surface area (Å²) in [4.78, 5) is 13.0. The molecule has 0 saturated carbocycles.